The van der Waals surface area contributed by atoms with Crippen LogP contribution in [-0.4, -0.2) is 25.7 Å². The van der Waals surface area contributed by atoms with Crippen LogP contribution >= 0.6 is 0 Å². The molecule has 0 spiro atoms. The van der Waals surface area contributed by atoms with Gasteiger partial charge in [-0.25, -0.2) is 4.98 Å². The molecule has 7 nitrogen and oxygen atoms in total. The van der Waals surface area contributed by atoms with E-state index in [9.17, 15) is 4.79 Å². The number of aromatic nitrogens is 4. The maximum Gasteiger partial charge on any atom is 0.273 e. The number of carbonyl (C=O) groups excluding carboxylic acids is 1. The molecule has 2 N–H and O–H groups in total. The van der Waals surface area contributed by atoms with Crippen molar-refractivity contribution in [3.8, 4) is 11.3 Å². The number of carbonyl (C=O) groups is 1. The van der Waals surface area contributed by atoms with Gasteiger partial charge in [0, 0.05) is 23.5 Å². The van der Waals surface area contributed by atoms with E-state index in [0.717, 1.165) is 28.2 Å². The molecule has 7 heteroatoms. The van der Waals surface area contributed by atoms with E-state index >= 15 is 0 Å². The van der Waals surface area contributed by atoms with Crippen LogP contribution in [0.15, 0.2) is 59.7 Å². The Kier molecular flexibility index (Phi) is 4.33. The number of rotatable bonds is 5. The topological polar surface area (TPSA) is 88.7 Å². The first kappa shape index (κ1) is 16.8. The van der Waals surface area contributed by atoms with Gasteiger partial charge in [0.2, 0.25) is 0 Å². The largest absolute Gasteiger partial charge is 0.472 e. The summed E-state index contributed by atoms with van der Waals surface area (Å²) < 4.78 is 7.13. The lowest BCUT2D eigenvalue weighted by atomic mass is 10.2. The summed E-state index contributed by atoms with van der Waals surface area (Å²) >= 11 is 0. The van der Waals surface area contributed by atoms with Crippen LogP contribution in [0.25, 0.3) is 11.3 Å². The molecule has 1 amide bonds. The molecule has 4 rings (SSSR count). The number of hydrogen-bond acceptors (Lipinski definition) is 4. The number of aromatic amines is 1. The number of furan rings is 1. The summed E-state index contributed by atoms with van der Waals surface area (Å²) in [5.41, 5.74) is 5.83. The molecule has 3 aromatic heterocycles. The first-order chi connectivity index (χ1) is 13.1. The minimum atomic E-state index is -0.246. The van der Waals surface area contributed by atoms with Crippen molar-refractivity contribution in [3.05, 3.63) is 77.9 Å². The molecule has 136 valence electrons. The zero-order valence-corrected chi connectivity index (χ0v) is 15.1. The third kappa shape index (κ3) is 3.52. The predicted octanol–water partition coefficient (Wildman–Crippen LogP) is 3.78. The van der Waals surface area contributed by atoms with Gasteiger partial charge in [-0.1, -0.05) is 12.1 Å². The van der Waals surface area contributed by atoms with Crippen molar-refractivity contribution in [1.29, 1.82) is 0 Å². The van der Waals surface area contributed by atoms with E-state index in [0.29, 0.717) is 17.9 Å². The highest BCUT2D eigenvalue weighted by atomic mass is 16.3. The zero-order valence-electron chi connectivity index (χ0n) is 15.1. The molecule has 0 aliphatic heterocycles. The Hall–Kier alpha value is -3.61. The molecule has 0 saturated carbocycles. The fourth-order valence-corrected chi connectivity index (χ4v) is 2.84. The second-order valence-electron chi connectivity index (χ2n) is 6.38. The molecular weight excluding hydrogens is 342 g/mol. The Morgan fingerprint density at radius 1 is 1.26 bits per heavy atom. The van der Waals surface area contributed by atoms with Gasteiger partial charge in [-0.15, -0.1) is 0 Å². The highest BCUT2D eigenvalue weighted by molar-refractivity contribution is 6.03. The van der Waals surface area contributed by atoms with Crippen LogP contribution in [0.4, 0.5) is 5.69 Å². The van der Waals surface area contributed by atoms with E-state index in [1.807, 2.05) is 44.4 Å². The van der Waals surface area contributed by atoms with Gasteiger partial charge in [-0.05, 0) is 43.7 Å². The molecule has 0 unspecified atom stereocenters. The molecular formula is C20H19N5O2. The lowest BCUT2D eigenvalue weighted by Gasteiger charge is -2.09. The van der Waals surface area contributed by atoms with E-state index in [1.165, 1.54) is 0 Å². The van der Waals surface area contributed by atoms with Crippen molar-refractivity contribution in [2.45, 2.75) is 20.4 Å². The molecule has 0 radical (unpaired) electrons. The van der Waals surface area contributed by atoms with Crippen molar-refractivity contribution in [1.82, 2.24) is 19.7 Å². The summed E-state index contributed by atoms with van der Waals surface area (Å²) in [6.45, 7) is 4.74. The molecule has 0 fully saturated rings. The SMILES string of the molecule is Cc1ncn(Cc2cccc(NC(=O)c3cc(-c4ccoc4)n[nH]3)c2)c1C. The fourth-order valence-electron chi connectivity index (χ4n) is 2.84. The number of benzene rings is 1. The number of anilines is 1. The Balaban J connectivity index is 1.48. The van der Waals surface area contributed by atoms with Gasteiger partial charge in [-0.2, -0.15) is 5.10 Å². The third-order valence-corrected chi connectivity index (χ3v) is 4.52. The van der Waals surface area contributed by atoms with Crippen LogP contribution in [0.5, 0.6) is 0 Å². The molecule has 1 aromatic carbocycles. The van der Waals surface area contributed by atoms with E-state index < -0.39 is 0 Å². The maximum atomic E-state index is 12.5. The van der Waals surface area contributed by atoms with Gasteiger partial charge in [0.25, 0.3) is 5.91 Å². The summed E-state index contributed by atoms with van der Waals surface area (Å²) in [4.78, 5) is 16.8. The van der Waals surface area contributed by atoms with E-state index in [1.54, 1.807) is 24.7 Å². The Bertz CT molecular complexity index is 1080. The molecule has 3 heterocycles. The summed E-state index contributed by atoms with van der Waals surface area (Å²) in [6.07, 6.45) is 4.98. The average molecular weight is 361 g/mol. The normalized spacial score (nSPS) is 10.9. The van der Waals surface area contributed by atoms with Crippen LogP contribution < -0.4 is 5.32 Å². The third-order valence-electron chi connectivity index (χ3n) is 4.52. The van der Waals surface area contributed by atoms with Crippen LogP contribution in [0.2, 0.25) is 0 Å². The maximum absolute atomic E-state index is 12.5. The van der Waals surface area contributed by atoms with Gasteiger partial charge in [0.05, 0.1) is 30.2 Å². The number of amides is 1. The van der Waals surface area contributed by atoms with Gasteiger partial charge in [-0.3, -0.25) is 9.89 Å². The second kappa shape index (κ2) is 6.95. The van der Waals surface area contributed by atoms with Crippen LogP contribution in [0.1, 0.15) is 27.4 Å². The quantitative estimate of drug-likeness (QED) is 0.566. The number of nitrogens with zero attached hydrogens (tertiary/aromatic N) is 3. The molecule has 0 saturated heterocycles. The van der Waals surface area contributed by atoms with Crippen molar-refractivity contribution in [2.75, 3.05) is 5.32 Å². The molecule has 27 heavy (non-hydrogen) atoms. The van der Waals surface area contributed by atoms with Gasteiger partial charge in [0.15, 0.2) is 0 Å². The van der Waals surface area contributed by atoms with Crippen molar-refractivity contribution < 1.29 is 9.21 Å². The molecule has 0 aliphatic rings. The number of imidazole rings is 1. The zero-order chi connectivity index (χ0) is 18.8. The van der Waals surface area contributed by atoms with E-state index in [-0.39, 0.29) is 5.91 Å². The number of aryl methyl sites for hydroxylation is 1. The van der Waals surface area contributed by atoms with Crippen molar-refractivity contribution >= 4 is 11.6 Å². The summed E-state index contributed by atoms with van der Waals surface area (Å²) in [5, 5.41) is 9.82. The smallest absolute Gasteiger partial charge is 0.273 e. The second-order valence-corrected chi connectivity index (χ2v) is 6.38. The number of H-pyrrole nitrogens is 1. The molecule has 4 aromatic rings. The lowest BCUT2D eigenvalue weighted by molar-refractivity contribution is 0.102. The average Bonchev–Trinajstić information content (AvgIpc) is 3.40. The summed E-state index contributed by atoms with van der Waals surface area (Å²) in [7, 11) is 0. The van der Waals surface area contributed by atoms with Crippen LogP contribution in [-0.2, 0) is 6.54 Å². The summed E-state index contributed by atoms with van der Waals surface area (Å²) in [5.74, 6) is -0.246. The van der Waals surface area contributed by atoms with Crippen LogP contribution in [0.3, 0.4) is 0 Å². The first-order valence-electron chi connectivity index (χ1n) is 8.57. The minimum Gasteiger partial charge on any atom is -0.472 e. The van der Waals surface area contributed by atoms with E-state index in [4.69, 9.17) is 4.42 Å². The van der Waals surface area contributed by atoms with E-state index in [2.05, 4.69) is 25.1 Å². The fraction of sp³-hybridized carbons (Fsp3) is 0.150. The Morgan fingerprint density at radius 2 is 2.15 bits per heavy atom. The van der Waals surface area contributed by atoms with Gasteiger partial charge in [0.1, 0.15) is 5.69 Å². The predicted molar refractivity (Wildman–Crippen MR) is 101 cm³/mol. The monoisotopic (exact) mass is 361 g/mol. The Morgan fingerprint density at radius 3 is 2.89 bits per heavy atom. The van der Waals surface area contributed by atoms with Crippen molar-refractivity contribution in [2.24, 2.45) is 0 Å². The Labute approximate surface area is 156 Å². The summed E-state index contributed by atoms with van der Waals surface area (Å²) in [6, 6.07) is 11.3. The van der Waals surface area contributed by atoms with Crippen molar-refractivity contribution in [3.63, 3.8) is 0 Å². The first-order valence-corrected chi connectivity index (χ1v) is 8.57. The van der Waals surface area contributed by atoms with Gasteiger partial charge < -0.3 is 14.3 Å². The minimum absolute atomic E-state index is 0.246. The molecule has 0 atom stereocenters. The highest BCUT2D eigenvalue weighted by Gasteiger charge is 2.12. The number of nitrogens with one attached hydrogen (secondary N) is 2. The molecule has 0 bridgehead atoms. The number of hydrogen-bond donors (Lipinski definition) is 2. The lowest BCUT2D eigenvalue weighted by Crippen LogP contribution is -2.12. The van der Waals surface area contributed by atoms with Crippen LogP contribution in [0, 0.1) is 13.8 Å². The highest BCUT2D eigenvalue weighted by Crippen LogP contribution is 2.19. The molecule has 0 aliphatic carbocycles. The van der Waals surface area contributed by atoms with Gasteiger partial charge >= 0.3 is 0 Å². The standard InChI is InChI=1S/C20H19N5O2/c1-13-14(2)25(12-21-13)10-15-4-3-5-17(8-15)22-20(26)19-9-18(23-24-19)16-6-7-27-11-16/h3-9,11-12H,10H2,1-2H3,(H,22,26)(H,23,24).